The van der Waals surface area contributed by atoms with Crippen molar-refractivity contribution >= 4 is 11.6 Å². The van der Waals surface area contributed by atoms with Crippen LogP contribution in [0.15, 0.2) is 53.5 Å². The highest BCUT2D eigenvalue weighted by molar-refractivity contribution is 5.92. The van der Waals surface area contributed by atoms with Gasteiger partial charge in [0.15, 0.2) is 5.96 Å². The zero-order valence-electron chi connectivity index (χ0n) is 13.5. The van der Waals surface area contributed by atoms with Crippen LogP contribution in [-0.2, 0) is 6.42 Å². The summed E-state index contributed by atoms with van der Waals surface area (Å²) in [6.07, 6.45) is -4.07. The number of benzene rings is 2. The largest absolute Gasteiger partial charge is 0.573 e. The van der Waals surface area contributed by atoms with Crippen molar-refractivity contribution in [1.29, 1.82) is 0 Å². The average Bonchev–Trinajstić information content (AvgIpc) is 2.56. The number of anilines is 1. The van der Waals surface area contributed by atoms with Gasteiger partial charge in [-0.15, -0.1) is 13.2 Å². The fourth-order valence-electron chi connectivity index (χ4n) is 2.13. The second-order valence-corrected chi connectivity index (χ2v) is 5.03. The molecule has 0 spiro atoms. The molecule has 134 valence electrons. The van der Waals surface area contributed by atoms with E-state index < -0.39 is 6.36 Å². The first kappa shape index (κ1) is 18.4. The zero-order chi connectivity index (χ0) is 18.3. The lowest BCUT2D eigenvalue weighted by Gasteiger charge is -2.10. The predicted octanol–water partition coefficient (Wildman–Crippen LogP) is 3.56. The molecule has 2 aromatic rings. The number of ether oxygens (including phenoxy) is 2. The number of hydrogen-bond donors (Lipinski definition) is 2. The second-order valence-electron chi connectivity index (χ2n) is 5.03. The smallest absolute Gasteiger partial charge is 0.496 e. The Morgan fingerprint density at radius 2 is 1.80 bits per heavy atom. The van der Waals surface area contributed by atoms with Crippen LogP contribution in [0, 0.1) is 0 Å². The van der Waals surface area contributed by atoms with Gasteiger partial charge in [0.2, 0.25) is 0 Å². The topological polar surface area (TPSA) is 68.9 Å². The van der Waals surface area contributed by atoms with Gasteiger partial charge in [-0.2, -0.15) is 0 Å². The lowest BCUT2D eigenvalue weighted by atomic mass is 10.1. The van der Waals surface area contributed by atoms with Gasteiger partial charge in [0.1, 0.15) is 11.5 Å². The number of nitrogens with one attached hydrogen (secondary N) is 1. The van der Waals surface area contributed by atoms with Crippen LogP contribution in [0.1, 0.15) is 5.56 Å². The summed E-state index contributed by atoms with van der Waals surface area (Å²) in [7, 11) is 1.60. The maximum absolute atomic E-state index is 12.1. The molecule has 0 heterocycles. The van der Waals surface area contributed by atoms with E-state index >= 15 is 0 Å². The number of hydrogen-bond acceptors (Lipinski definition) is 3. The first-order chi connectivity index (χ1) is 11.9. The van der Waals surface area contributed by atoms with Crippen molar-refractivity contribution in [3.8, 4) is 11.5 Å². The SMILES string of the molecule is COc1ccccc1CCN=C(N)Nc1ccc(OC(F)(F)F)cc1. The number of alkyl halides is 3. The van der Waals surface area contributed by atoms with Crippen LogP contribution in [-0.4, -0.2) is 26.0 Å². The summed E-state index contributed by atoms with van der Waals surface area (Å²) in [5, 5.41) is 2.81. The number of nitrogens with zero attached hydrogens (tertiary/aromatic N) is 1. The summed E-state index contributed by atoms with van der Waals surface area (Å²) in [5.74, 6) is 0.647. The zero-order valence-corrected chi connectivity index (χ0v) is 13.5. The Morgan fingerprint density at radius 1 is 1.12 bits per heavy atom. The maximum atomic E-state index is 12.1. The molecule has 0 saturated heterocycles. The molecule has 0 aromatic heterocycles. The standard InChI is InChI=1S/C17H18F3N3O2/c1-24-15-5-3-2-4-12(15)10-11-22-16(21)23-13-6-8-14(9-7-13)25-17(18,19)20/h2-9H,10-11H2,1H3,(H3,21,22,23). The average molecular weight is 353 g/mol. The third-order valence-electron chi connectivity index (χ3n) is 3.22. The molecule has 2 rings (SSSR count). The summed E-state index contributed by atoms with van der Waals surface area (Å²) in [5.41, 5.74) is 7.29. The molecule has 25 heavy (non-hydrogen) atoms. The molecule has 0 amide bonds. The van der Waals surface area contributed by atoms with E-state index in [2.05, 4.69) is 15.0 Å². The maximum Gasteiger partial charge on any atom is 0.573 e. The Balaban J connectivity index is 1.88. The molecule has 0 bridgehead atoms. The third kappa shape index (κ3) is 6.25. The van der Waals surface area contributed by atoms with Crippen LogP contribution in [0.3, 0.4) is 0 Å². The van der Waals surface area contributed by atoms with Crippen molar-refractivity contribution in [2.75, 3.05) is 19.0 Å². The first-order valence-electron chi connectivity index (χ1n) is 7.42. The van der Waals surface area contributed by atoms with Crippen molar-refractivity contribution in [3.63, 3.8) is 0 Å². The Labute approximate surface area is 143 Å². The fourth-order valence-corrected chi connectivity index (χ4v) is 2.13. The number of para-hydroxylation sites is 1. The minimum Gasteiger partial charge on any atom is -0.496 e. The van der Waals surface area contributed by atoms with Crippen molar-refractivity contribution in [1.82, 2.24) is 0 Å². The van der Waals surface area contributed by atoms with Crippen molar-refractivity contribution in [2.24, 2.45) is 10.7 Å². The number of guanidine groups is 1. The van der Waals surface area contributed by atoms with Gasteiger partial charge in [0.25, 0.3) is 0 Å². The molecule has 0 radical (unpaired) electrons. The van der Waals surface area contributed by atoms with E-state index in [1.54, 1.807) is 7.11 Å². The molecule has 5 nitrogen and oxygen atoms in total. The molecule has 0 unspecified atom stereocenters. The molecule has 0 aliphatic rings. The number of methoxy groups -OCH3 is 1. The van der Waals surface area contributed by atoms with Gasteiger partial charge in [0.05, 0.1) is 7.11 Å². The van der Waals surface area contributed by atoms with E-state index in [1.165, 1.54) is 24.3 Å². The van der Waals surface area contributed by atoms with Gasteiger partial charge in [-0.05, 0) is 42.3 Å². The summed E-state index contributed by atoms with van der Waals surface area (Å²) < 4.78 is 45.4. The third-order valence-corrected chi connectivity index (χ3v) is 3.22. The molecular formula is C17H18F3N3O2. The van der Waals surface area contributed by atoms with Gasteiger partial charge in [-0.3, -0.25) is 4.99 Å². The lowest BCUT2D eigenvalue weighted by molar-refractivity contribution is -0.274. The van der Waals surface area contributed by atoms with E-state index in [4.69, 9.17) is 10.5 Å². The Hall–Kier alpha value is -2.90. The highest BCUT2D eigenvalue weighted by Gasteiger charge is 2.30. The highest BCUT2D eigenvalue weighted by Crippen LogP contribution is 2.23. The van der Waals surface area contributed by atoms with Crippen LogP contribution < -0.4 is 20.5 Å². The molecule has 0 aliphatic carbocycles. The molecule has 0 aliphatic heterocycles. The number of nitrogens with two attached hydrogens (primary N) is 1. The molecule has 0 atom stereocenters. The highest BCUT2D eigenvalue weighted by atomic mass is 19.4. The van der Waals surface area contributed by atoms with Crippen LogP contribution in [0.2, 0.25) is 0 Å². The van der Waals surface area contributed by atoms with Crippen LogP contribution in [0.4, 0.5) is 18.9 Å². The van der Waals surface area contributed by atoms with Gasteiger partial charge < -0.3 is 20.5 Å². The Morgan fingerprint density at radius 3 is 2.44 bits per heavy atom. The van der Waals surface area contributed by atoms with Crippen molar-refractivity contribution in [2.45, 2.75) is 12.8 Å². The van der Waals surface area contributed by atoms with Gasteiger partial charge in [-0.1, -0.05) is 18.2 Å². The molecule has 2 aromatic carbocycles. The minimum absolute atomic E-state index is 0.166. The van der Waals surface area contributed by atoms with Gasteiger partial charge in [0, 0.05) is 12.2 Å². The van der Waals surface area contributed by atoms with Crippen molar-refractivity contribution < 1.29 is 22.6 Å². The molecule has 0 fully saturated rings. The Bertz CT molecular complexity index is 716. The van der Waals surface area contributed by atoms with E-state index in [9.17, 15) is 13.2 Å². The second kappa shape index (κ2) is 8.27. The summed E-state index contributed by atoms with van der Waals surface area (Å²) in [6.45, 7) is 0.439. The van der Waals surface area contributed by atoms with Crippen molar-refractivity contribution in [3.05, 3.63) is 54.1 Å². The molecular weight excluding hydrogens is 335 g/mol. The molecule has 8 heteroatoms. The van der Waals surface area contributed by atoms with Crippen LogP contribution in [0.25, 0.3) is 0 Å². The van der Waals surface area contributed by atoms with Gasteiger partial charge in [-0.25, -0.2) is 0 Å². The summed E-state index contributed by atoms with van der Waals surface area (Å²) in [4.78, 5) is 4.19. The fraction of sp³-hybridized carbons (Fsp3) is 0.235. The summed E-state index contributed by atoms with van der Waals surface area (Å²) in [6, 6.07) is 12.8. The summed E-state index contributed by atoms with van der Waals surface area (Å²) >= 11 is 0. The predicted molar refractivity (Wildman–Crippen MR) is 89.9 cm³/mol. The first-order valence-corrected chi connectivity index (χ1v) is 7.42. The quantitative estimate of drug-likeness (QED) is 0.615. The normalized spacial score (nSPS) is 11.9. The number of halogens is 3. The molecule has 3 N–H and O–H groups in total. The lowest BCUT2D eigenvalue weighted by Crippen LogP contribution is -2.23. The van der Waals surface area contributed by atoms with Crippen LogP contribution >= 0.6 is 0 Å². The van der Waals surface area contributed by atoms with E-state index in [0.29, 0.717) is 18.7 Å². The van der Waals surface area contributed by atoms with E-state index in [-0.39, 0.29) is 11.7 Å². The van der Waals surface area contributed by atoms with E-state index in [0.717, 1.165) is 11.3 Å². The Kier molecular flexibility index (Phi) is 6.10. The van der Waals surface area contributed by atoms with Gasteiger partial charge >= 0.3 is 6.36 Å². The number of aliphatic imine (C=N–C) groups is 1. The molecule has 0 saturated carbocycles. The van der Waals surface area contributed by atoms with Crippen LogP contribution in [0.5, 0.6) is 11.5 Å². The van der Waals surface area contributed by atoms with E-state index in [1.807, 2.05) is 24.3 Å². The number of rotatable bonds is 6. The minimum atomic E-state index is -4.71. The monoisotopic (exact) mass is 353 g/mol.